The van der Waals surface area contributed by atoms with Crippen LogP contribution in [0.4, 0.5) is 0 Å². The number of hydrogen-bond donors (Lipinski definition) is 2. The Bertz CT molecular complexity index is 483. The Morgan fingerprint density at radius 2 is 2.33 bits per heavy atom. The molecule has 0 saturated heterocycles. The van der Waals surface area contributed by atoms with E-state index in [2.05, 4.69) is 15.2 Å². The standard InChI is InChI=1S/C7H5N3O2/c11-3-4-1-6-5(2-8-10-6)7(12)9-4/h1-3H,(H,8,10)(H,9,12). The molecule has 60 valence electrons. The summed E-state index contributed by atoms with van der Waals surface area (Å²) in [5, 5.41) is 6.74. The third-order valence-electron chi connectivity index (χ3n) is 1.60. The van der Waals surface area contributed by atoms with Gasteiger partial charge in [-0.05, 0) is 6.07 Å². The van der Waals surface area contributed by atoms with Crippen LogP contribution in [0.5, 0.6) is 0 Å². The van der Waals surface area contributed by atoms with Crippen molar-refractivity contribution in [2.75, 3.05) is 0 Å². The fourth-order valence-electron chi connectivity index (χ4n) is 1.04. The Labute approximate surface area is 66.4 Å². The van der Waals surface area contributed by atoms with Gasteiger partial charge in [0.1, 0.15) is 0 Å². The molecule has 0 amide bonds. The number of aromatic nitrogens is 3. The van der Waals surface area contributed by atoms with Crippen LogP contribution in [-0.2, 0) is 0 Å². The minimum Gasteiger partial charge on any atom is -0.319 e. The van der Waals surface area contributed by atoms with Crippen LogP contribution in [0.3, 0.4) is 0 Å². The molecule has 0 aromatic carbocycles. The van der Waals surface area contributed by atoms with Crippen LogP contribution >= 0.6 is 0 Å². The van der Waals surface area contributed by atoms with Crippen molar-refractivity contribution in [2.45, 2.75) is 0 Å². The van der Waals surface area contributed by atoms with E-state index in [4.69, 9.17) is 0 Å². The van der Waals surface area contributed by atoms with E-state index < -0.39 is 0 Å². The highest BCUT2D eigenvalue weighted by Crippen LogP contribution is 2.03. The maximum absolute atomic E-state index is 11.1. The van der Waals surface area contributed by atoms with Gasteiger partial charge in [0.05, 0.1) is 22.8 Å². The van der Waals surface area contributed by atoms with Crippen LogP contribution < -0.4 is 5.56 Å². The molecule has 0 bridgehead atoms. The zero-order valence-electron chi connectivity index (χ0n) is 6.00. The molecule has 0 spiro atoms. The molecule has 5 nitrogen and oxygen atoms in total. The van der Waals surface area contributed by atoms with Crippen molar-refractivity contribution < 1.29 is 4.79 Å². The van der Waals surface area contributed by atoms with E-state index in [1.807, 2.05) is 0 Å². The number of H-pyrrole nitrogens is 2. The number of pyridine rings is 1. The molecule has 0 aliphatic heterocycles. The number of carbonyl (C=O) groups excluding carboxylic acids is 1. The molecule has 0 atom stereocenters. The first-order valence-electron chi connectivity index (χ1n) is 3.33. The highest BCUT2D eigenvalue weighted by molar-refractivity contribution is 5.83. The number of rotatable bonds is 1. The summed E-state index contributed by atoms with van der Waals surface area (Å²) in [6.45, 7) is 0. The summed E-state index contributed by atoms with van der Waals surface area (Å²) in [5.41, 5.74) is 0.515. The summed E-state index contributed by atoms with van der Waals surface area (Å²) in [5.74, 6) is 0. The number of fused-ring (bicyclic) bond motifs is 1. The van der Waals surface area contributed by atoms with E-state index in [0.29, 0.717) is 17.2 Å². The van der Waals surface area contributed by atoms with E-state index >= 15 is 0 Å². The fraction of sp³-hybridized carbons (Fsp3) is 0. The molecule has 0 aliphatic carbocycles. The lowest BCUT2D eigenvalue weighted by Crippen LogP contribution is -2.07. The zero-order valence-corrected chi connectivity index (χ0v) is 6.00. The SMILES string of the molecule is O=Cc1cc2[nH]ncc2c(=O)[nH]1. The summed E-state index contributed by atoms with van der Waals surface area (Å²) in [7, 11) is 0. The summed E-state index contributed by atoms with van der Waals surface area (Å²) in [6, 6.07) is 1.54. The number of carbonyl (C=O) groups is 1. The summed E-state index contributed by atoms with van der Waals surface area (Å²) < 4.78 is 0. The molecule has 0 fully saturated rings. The zero-order chi connectivity index (χ0) is 8.55. The van der Waals surface area contributed by atoms with Crippen LogP contribution in [0.1, 0.15) is 10.5 Å². The van der Waals surface area contributed by atoms with Crippen molar-refractivity contribution in [2.24, 2.45) is 0 Å². The first-order chi connectivity index (χ1) is 5.81. The monoisotopic (exact) mass is 163 g/mol. The molecule has 2 heterocycles. The first kappa shape index (κ1) is 6.78. The Morgan fingerprint density at radius 3 is 3.08 bits per heavy atom. The van der Waals surface area contributed by atoms with Crippen molar-refractivity contribution in [3.63, 3.8) is 0 Å². The lowest BCUT2D eigenvalue weighted by atomic mass is 10.3. The van der Waals surface area contributed by atoms with Gasteiger partial charge >= 0.3 is 0 Å². The van der Waals surface area contributed by atoms with Gasteiger partial charge < -0.3 is 4.98 Å². The van der Waals surface area contributed by atoms with Crippen LogP contribution in [0.25, 0.3) is 10.9 Å². The molecule has 0 unspecified atom stereocenters. The van der Waals surface area contributed by atoms with Crippen molar-refractivity contribution in [1.82, 2.24) is 15.2 Å². The van der Waals surface area contributed by atoms with E-state index in [1.165, 1.54) is 12.3 Å². The highest BCUT2D eigenvalue weighted by atomic mass is 16.1. The van der Waals surface area contributed by atoms with E-state index in [1.54, 1.807) is 0 Å². The molecule has 0 aliphatic rings. The number of hydrogen-bond acceptors (Lipinski definition) is 3. The largest absolute Gasteiger partial charge is 0.319 e. The number of nitrogens with one attached hydrogen (secondary N) is 2. The van der Waals surface area contributed by atoms with Crippen molar-refractivity contribution >= 4 is 17.2 Å². The van der Waals surface area contributed by atoms with Gasteiger partial charge in [-0.1, -0.05) is 0 Å². The lowest BCUT2D eigenvalue weighted by molar-refractivity contribution is 0.111. The van der Waals surface area contributed by atoms with E-state index in [0.717, 1.165) is 0 Å². The molecule has 2 N–H and O–H groups in total. The second-order valence-electron chi connectivity index (χ2n) is 2.37. The second kappa shape index (κ2) is 2.30. The fourth-order valence-corrected chi connectivity index (χ4v) is 1.04. The van der Waals surface area contributed by atoms with Crippen molar-refractivity contribution in [1.29, 1.82) is 0 Å². The predicted octanol–water partition coefficient (Wildman–Crippen LogP) is 0.0637. The van der Waals surface area contributed by atoms with Gasteiger partial charge in [0.2, 0.25) is 0 Å². The van der Waals surface area contributed by atoms with Gasteiger partial charge in [-0.2, -0.15) is 5.10 Å². The topological polar surface area (TPSA) is 78.6 Å². The van der Waals surface area contributed by atoms with Gasteiger partial charge in [0.25, 0.3) is 5.56 Å². The Kier molecular flexibility index (Phi) is 1.30. The molecule has 2 aromatic rings. The van der Waals surface area contributed by atoms with E-state index in [-0.39, 0.29) is 11.3 Å². The van der Waals surface area contributed by atoms with Gasteiger partial charge in [-0.15, -0.1) is 0 Å². The Morgan fingerprint density at radius 1 is 1.50 bits per heavy atom. The minimum absolute atomic E-state index is 0.247. The molecule has 0 saturated carbocycles. The van der Waals surface area contributed by atoms with Gasteiger partial charge in [0, 0.05) is 0 Å². The van der Waals surface area contributed by atoms with Gasteiger partial charge in [-0.3, -0.25) is 14.7 Å². The molecule has 2 aromatic heterocycles. The minimum atomic E-state index is -0.302. The maximum atomic E-state index is 11.1. The molecular weight excluding hydrogens is 158 g/mol. The van der Waals surface area contributed by atoms with Crippen LogP contribution in [0, 0.1) is 0 Å². The Balaban J connectivity index is 2.93. The van der Waals surface area contributed by atoms with Gasteiger partial charge in [0.15, 0.2) is 6.29 Å². The van der Waals surface area contributed by atoms with Crippen LogP contribution in [-0.4, -0.2) is 21.5 Å². The third-order valence-corrected chi connectivity index (χ3v) is 1.60. The summed E-state index contributed by atoms with van der Waals surface area (Å²) >= 11 is 0. The molecule has 2 rings (SSSR count). The summed E-state index contributed by atoms with van der Waals surface area (Å²) in [6.07, 6.45) is 2.00. The highest BCUT2D eigenvalue weighted by Gasteiger charge is 2.01. The van der Waals surface area contributed by atoms with Crippen molar-refractivity contribution in [3.05, 3.63) is 28.3 Å². The van der Waals surface area contributed by atoms with Crippen LogP contribution in [0.2, 0.25) is 0 Å². The molecule has 12 heavy (non-hydrogen) atoms. The molecule has 5 heteroatoms. The number of nitrogens with zero attached hydrogens (tertiary/aromatic N) is 1. The normalized spacial score (nSPS) is 10.3. The maximum Gasteiger partial charge on any atom is 0.259 e. The molecule has 0 radical (unpaired) electrons. The quantitative estimate of drug-likeness (QED) is 0.583. The third kappa shape index (κ3) is 0.833. The predicted molar refractivity (Wildman–Crippen MR) is 42.1 cm³/mol. The van der Waals surface area contributed by atoms with E-state index in [9.17, 15) is 9.59 Å². The average Bonchev–Trinajstić information content (AvgIpc) is 2.52. The smallest absolute Gasteiger partial charge is 0.259 e. The second-order valence-corrected chi connectivity index (χ2v) is 2.37. The lowest BCUT2D eigenvalue weighted by Gasteiger charge is -1.89. The molecular formula is C7H5N3O2. The number of aldehydes is 1. The average molecular weight is 163 g/mol. The summed E-state index contributed by atoms with van der Waals surface area (Å²) in [4.78, 5) is 23.9. The van der Waals surface area contributed by atoms with Crippen molar-refractivity contribution in [3.8, 4) is 0 Å². The first-order valence-corrected chi connectivity index (χ1v) is 3.33. The number of aromatic amines is 2. The Hall–Kier alpha value is -1.91. The van der Waals surface area contributed by atoms with Gasteiger partial charge in [-0.25, -0.2) is 0 Å². The van der Waals surface area contributed by atoms with Crippen LogP contribution in [0.15, 0.2) is 17.1 Å².